The number of phenolic OH excluding ortho intramolecular Hbond substituents is 1. The maximum Gasteiger partial charge on any atom is 0.303 e. The average Bonchev–Trinajstić information content (AvgIpc) is 3.53. The number of rotatable bonds is 7. The summed E-state index contributed by atoms with van der Waals surface area (Å²) in [5.74, 6) is 0.615. The number of aliphatic carboxylic acids is 1. The lowest BCUT2D eigenvalue weighted by molar-refractivity contribution is -0.137. The molecule has 6 rings (SSSR count). The lowest BCUT2D eigenvalue weighted by atomic mass is 10.2. The third-order valence-corrected chi connectivity index (χ3v) is 6.68. The smallest absolute Gasteiger partial charge is 0.303 e. The number of carboxylic acids is 1. The zero-order valence-corrected chi connectivity index (χ0v) is 20.1. The molecular formula is C26H26N8O3. The molecule has 37 heavy (non-hydrogen) atoms. The fraction of sp³-hybridized carbons (Fsp3) is 0.269. The summed E-state index contributed by atoms with van der Waals surface area (Å²) >= 11 is 0. The molecule has 1 fully saturated rings. The van der Waals surface area contributed by atoms with Gasteiger partial charge in [-0.1, -0.05) is 18.2 Å². The highest BCUT2D eigenvalue weighted by molar-refractivity contribution is 5.85. The van der Waals surface area contributed by atoms with Crippen LogP contribution in [-0.2, 0) is 11.3 Å². The average molecular weight is 499 g/mol. The molecule has 1 aliphatic rings. The third-order valence-electron chi connectivity index (χ3n) is 6.68. The third kappa shape index (κ3) is 4.39. The molecule has 1 saturated heterocycles. The SMILES string of the molecule is O=C(O)CCCn1cnc2c(-n3ncc4ccccc43)nc(N3CCN(c4ccc(O)cc4)CC3)nc21. The Kier molecular flexibility index (Phi) is 5.79. The second-order valence-corrected chi connectivity index (χ2v) is 9.06. The van der Waals surface area contributed by atoms with Crippen LogP contribution in [0.1, 0.15) is 12.8 Å². The molecule has 0 unspecified atom stereocenters. The topological polar surface area (TPSA) is 125 Å². The predicted molar refractivity (Wildman–Crippen MR) is 139 cm³/mol. The molecule has 11 nitrogen and oxygen atoms in total. The van der Waals surface area contributed by atoms with Crippen molar-refractivity contribution in [3.05, 3.63) is 61.1 Å². The van der Waals surface area contributed by atoms with Gasteiger partial charge in [0.05, 0.1) is 18.0 Å². The van der Waals surface area contributed by atoms with Gasteiger partial charge in [0.25, 0.3) is 0 Å². The Balaban J connectivity index is 1.36. The summed E-state index contributed by atoms with van der Waals surface area (Å²) < 4.78 is 3.69. The Hall–Kier alpha value is -4.67. The lowest BCUT2D eigenvalue weighted by Crippen LogP contribution is -2.47. The fourth-order valence-electron chi connectivity index (χ4n) is 4.74. The van der Waals surface area contributed by atoms with Crippen molar-refractivity contribution in [3.8, 4) is 11.6 Å². The van der Waals surface area contributed by atoms with E-state index < -0.39 is 5.97 Å². The molecule has 0 atom stereocenters. The summed E-state index contributed by atoms with van der Waals surface area (Å²) in [5.41, 5.74) is 3.27. The zero-order valence-electron chi connectivity index (χ0n) is 20.1. The highest BCUT2D eigenvalue weighted by Crippen LogP contribution is 2.27. The van der Waals surface area contributed by atoms with E-state index in [1.807, 2.05) is 47.2 Å². The molecule has 2 N–H and O–H groups in total. The van der Waals surface area contributed by atoms with Gasteiger partial charge in [-0.2, -0.15) is 15.1 Å². The number of aromatic hydroxyl groups is 1. The van der Waals surface area contributed by atoms with E-state index in [-0.39, 0.29) is 12.2 Å². The highest BCUT2D eigenvalue weighted by Gasteiger charge is 2.23. The van der Waals surface area contributed by atoms with E-state index in [1.165, 1.54) is 0 Å². The molecule has 0 saturated carbocycles. The van der Waals surface area contributed by atoms with Crippen LogP contribution in [0, 0.1) is 0 Å². The van der Waals surface area contributed by atoms with Gasteiger partial charge in [0.2, 0.25) is 5.95 Å². The number of benzene rings is 2. The van der Waals surface area contributed by atoms with Crippen LogP contribution in [0.25, 0.3) is 27.9 Å². The second-order valence-electron chi connectivity index (χ2n) is 9.06. The first-order valence-electron chi connectivity index (χ1n) is 12.2. The molecule has 0 spiro atoms. The number of carboxylic acid groups (broad SMARTS) is 1. The van der Waals surface area contributed by atoms with Gasteiger partial charge in [-0.15, -0.1) is 0 Å². The molecule has 0 radical (unpaired) electrons. The van der Waals surface area contributed by atoms with Crippen LogP contribution in [-0.4, -0.2) is 71.7 Å². The summed E-state index contributed by atoms with van der Waals surface area (Å²) in [5, 5.41) is 24.3. The van der Waals surface area contributed by atoms with E-state index in [0.717, 1.165) is 42.8 Å². The molecule has 3 aromatic heterocycles. The fourth-order valence-corrected chi connectivity index (χ4v) is 4.74. The number of aromatic nitrogens is 6. The van der Waals surface area contributed by atoms with E-state index in [2.05, 4.69) is 19.9 Å². The minimum Gasteiger partial charge on any atom is -0.508 e. The van der Waals surface area contributed by atoms with E-state index in [1.54, 1.807) is 23.1 Å². The minimum absolute atomic E-state index is 0.0769. The van der Waals surface area contributed by atoms with Crippen molar-refractivity contribution >= 4 is 39.7 Å². The quantitative estimate of drug-likeness (QED) is 0.348. The second kappa shape index (κ2) is 9.41. The van der Waals surface area contributed by atoms with Crippen LogP contribution in [0.5, 0.6) is 5.75 Å². The van der Waals surface area contributed by atoms with Crippen LogP contribution >= 0.6 is 0 Å². The number of anilines is 2. The van der Waals surface area contributed by atoms with Crippen LogP contribution < -0.4 is 9.80 Å². The summed E-state index contributed by atoms with van der Waals surface area (Å²) in [6, 6.07) is 15.2. The first-order valence-corrected chi connectivity index (χ1v) is 12.2. The molecule has 4 heterocycles. The van der Waals surface area contributed by atoms with Crippen molar-refractivity contribution in [2.45, 2.75) is 19.4 Å². The van der Waals surface area contributed by atoms with Gasteiger partial charge in [0, 0.05) is 50.2 Å². The van der Waals surface area contributed by atoms with Crippen molar-refractivity contribution in [2.24, 2.45) is 0 Å². The maximum absolute atomic E-state index is 11.0. The van der Waals surface area contributed by atoms with E-state index >= 15 is 0 Å². The first kappa shape index (κ1) is 22.8. The molecule has 0 aliphatic carbocycles. The van der Waals surface area contributed by atoms with Crippen molar-refractivity contribution in [1.82, 2.24) is 29.3 Å². The van der Waals surface area contributed by atoms with Gasteiger partial charge >= 0.3 is 5.97 Å². The summed E-state index contributed by atoms with van der Waals surface area (Å²) in [6.45, 7) is 3.50. The number of nitrogens with zero attached hydrogens (tertiary/aromatic N) is 8. The summed E-state index contributed by atoms with van der Waals surface area (Å²) in [6.07, 6.45) is 4.06. The minimum atomic E-state index is -0.824. The standard InChI is InChI=1S/C26H26N8O3/c35-20-9-7-19(8-10-20)31-12-14-32(15-13-31)26-29-24-23(27-17-33(24)11-3-6-22(36)37)25(30-26)34-21-5-2-1-4-18(21)16-28-34/h1-2,4-5,7-10,16-17,35H,3,6,11-15H2,(H,36,37). The molecule has 0 bridgehead atoms. The maximum atomic E-state index is 11.0. The zero-order chi connectivity index (χ0) is 25.4. The number of aryl methyl sites for hydroxylation is 1. The Bertz CT molecular complexity index is 1570. The molecular weight excluding hydrogens is 472 g/mol. The van der Waals surface area contributed by atoms with Crippen molar-refractivity contribution < 1.29 is 15.0 Å². The van der Waals surface area contributed by atoms with Crippen molar-refractivity contribution in [3.63, 3.8) is 0 Å². The van der Waals surface area contributed by atoms with Crippen molar-refractivity contribution in [2.75, 3.05) is 36.0 Å². The first-order chi connectivity index (χ1) is 18.1. The lowest BCUT2D eigenvalue weighted by Gasteiger charge is -2.36. The largest absolute Gasteiger partial charge is 0.508 e. The molecule has 5 aromatic rings. The Morgan fingerprint density at radius 2 is 1.70 bits per heavy atom. The number of imidazole rings is 1. The van der Waals surface area contributed by atoms with Crippen LogP contribution in [0.3, 0.4) is 0 Å². The Morgan fingerprint density at radius 1 is 0.946 bits per heavy atom. The number of hydrogen-bond donors (Lipinski definition) is 2. The highest BCUT2D eigenvalue weighted by atomic mass is 16.4. The van der Waals surface area contributed by atoms with Crippen LogP contribution in [0.4, 0.5) is 11.6 Å². The number of para-hydroxylation sites is 1. The molecule has 188 valence electrons. The predicted octanol–water partition coefficient (Wildman–Crippen LogP) is 3.06. The van der Waals surface area contributed by atoms with Crippen LogP contribution in [0.15, 0.2) is 61.1 Å². The number of carbonyl (C=O) groups is 1. The van der Waals surface area contributed by atoms with Gasteiger partial charge in [-0.25, -0.2) is 9.67 Å². The van der Waals surface area contributed by atoms with Crippen LogP contribution in [0.2, 0.25) is 0 Å². The molecule has 0 amide bonds. The Labute approximate surface area is 212 Å². The van der Waals surface area contributed by atoms with Crippen molar-refractivity contribution in [1.29, 1.82) is 0 Å². The van der Waals surface area contributed by atoms with E-state index in [0.29, 0.717) is 35.9 Å². The van der Waals surface area contributed by atoms with Gasteiger partial charge in [0.15, 0.2) is 17.0 Å². The normalized spacial score (nSPS) is 14.1. The molecule has 1 aliphatic heterocycles. The van der Waals surface area contributed by atoms with Gasteiger partial charge in [-0.05, 0) is 36.8 Å². The number of piperazine rings is 1. The van der Waals surface area contributed by atoms with Gasteiger partial charge in [-0.3, -0.25) is 4.79 Å². The van der Waals surface area contributed by atoms with E-state index in [9.17, 15) is 9.90 Å². The van der Waals surface area contributed by atoms with Gasteiger partial charge in [0.1, 0.15) is 5.75 Å². The summed E-state index contributed by atoms with van der Waals surface area (Å²) in [4.78, 5) is 29.9. The Morgan fingerprint density at radius 3 is 2.49 bits per heavy atom. The monoisotopic (exact) mass is 498 g/mol. The van der Waals surface area contributed by atoms with E-state index in [4.69, 9.17) is 15.1 Å². The summed E-state index contributed by atoms with van der Waals surface area (Å²) in [7, 11) is 0. The molecule has 2 aromatic carbocycles. The molecule has 11 heteroatoms. The number of hydrogen-bond acceptors (Lipinski definition) is 8. The van der Waals surface area contributed by atoms with Gasteiger partial charge < -0.3 is 24.6 Å². The number of fused-ring (bicyclic) bond motifs is 2. The number of phenols is 1.